The molecular weight excluding hydrogens is 355 g/mol. The number of amides is 1. The number of carbonyl (C=O) groups excluding carboxylic acids is 1. The molecule has 2 rings (SSSR count). The van der Waals surface area contributed by atoms with Gasteiger partial charge in [-0.15, -0.1) is 0 Å². The molecule has 26 heavy (non-hydrogen) atoms. The van der Waals surface area contributed by atoms with E-state index >= 15 is 0 Å². The van der Waals surface area contributed by atoms with Crippen LogP contribution in [-0.2, 0) is 16.4 Å². The summed E-state index contributed by atoms with van der Waals surface area (Å²) in [5.41, 5.74) is 1.67. The van der Waals surface area contributed by atoms with Crippen LogP contribution in [0.2, 0.25) is 0 Å². The number of benzene rings is 2. The molecule has 0 fully saturated rings. The molecule has 140 valence electrons. The zero-order chi connectivity index (χ0) is 19.3. The van der Waals surface area contributed by atoms with Gasteiger partial charge in [-0.25, -0.2) is 17.5 Å². The van der Waals surface area contributed by atoms with Crippen molar-refractivity contribution in [2.45, 2.75) is 44.6 Å². The monoisotopic (exact) mass is 378 g/mol. The Morgan fingerprint density at radius 3 is 2.50 bits per heavy atom. The molecule has 0 saturated heterocycles. The van der Waals surface area contributed by atoms with Crippen molar-refractivity contribution in [3.63, 3.8) is 0 Å². The third kappa shape index (κ3) is 4.68. The van der Waals surface area contributed by atoms with Crippen molar-refractivity contribution >= 4 is 21.6 Å². The van der Waals surface area contributed by atoms with Gasteiger partial charge in [-0.3, -0.25) is 4.79 Å². The van der Waals surface area contributed by atoms with Crippen molar-refractivity contribution in [2.24, 2.45) is 0 Å². The van der Waals surface area contributed by atoms with Gasteiger partial charge in [-0.2, -0.15) is 0 Å². The maximum atomic E-state index is 14.1. The number of nitrogens with one attached hydrogen (secondary N) is 2. The molecule has 0 heterocycles. The van der Waals surface area contributed by atoms with Crippen LogP contribution in [-0.4, -0.2) is 20.4 Å². The zero-order valence-corrected chi connectivity index (χ0v) is 15.9. The number of halogens is 1. The highest BCUT2D eigenvalue weighted by atomic mass is 32.2. The number of aryl methyl sites for hydroxylation is 1. The van der Waals surface area contributed by atoms with Crippen molar-refractivity contribution in [1.82, 2.24) is 4.72 Å². The van der Waals surface area contributed by atoms with Crippen molar-refractivity contribution in [1.29, 1.82) is 0 Å². The van der Waals surface area contributed by atoms with Gasteiger partial charge < -0.3 is 5.32 Å². The Balaban J connectivity index is 2.32. The number of carbonyl (C=O) groups is 1. The van der Waals surface area contributed by atoms with Gasteiger partial charge >= 0.3 is 0 Å². The maximum absolute atomic E-state index is 14.1. The van der Waals surface area contributed by atoms with E-state index in [2.05, 4.69) is 10.0 Å². The smallest absolute Gasteiger partial charge is 0.255 e. The summed E-state index contributed by atoms with van der Waals surface area (Å²) in [4.78, 5) is 12.0. The molecule has 2 aromatic carbocycles. The van der Waals surface area contributed by atoms with Gasteiger partial charge in [0.15, 0.2) is 0 Å². The normalized spacial score (nSPS) is 12.6. The molecular formula is C19H23FN2O3S. The highest BCUT2D eigenvalue weighted by Gasteiger charge is 2.22. The third-order valence-electron chi connectivity index (χ3n) is 4.10. The third-order valence-corrected chi connectivity index (χ3v) is 5.70. The Bertz CT molecular complexity index is 897. The topological polar surface area (TPSA) is 75.3 Å². The van der Waals surface area contributed by atoms with E-state index in [0.29, 0.717) is 12.1 Å². The molecule has 0 bridgehead atoms. The van der Waals surface area contributed by atoms with Crippen molar-refractivity contribution < 1.29 is 17.6 Å². The largest absolute Gasteiger partial charge is 0.322 e. The Morgan fingerprint density at radius 1 is 1.15 bits per heavy atom. The molecule has 0 radical (unpaired) electrons. The van der Waals surface area contributed by atoms with Crippen molar-refractivity contribution in [3.05, 3.63) is 59.4 Å². The highest BCUT2D eigenvalue weighted by Crippen LogP contribution is 2.20. The van der Waals surface area contributed by atoms with Crippen LogP contribution in [0, 0.1) is 5.82 Å². The van der Waals surface area contributed by atoms with Crippen LogP contribution in [0.15, 0.2) is 47.4 Å². The second-order valence-corrected chi connectivity index (χ2v) is 7.72. The quantitative estimate of drug-likeness (QED) is 0.771. The maximum Gasteiger partial charge on any atom is 0.255 e. The summed E-state index contributed by atoms with van der Waals surface area (Å²) in [7, 11) is -4.05. The van der Waals surface area contributed by atoms with Crippen LogP contribution in [0.4, 0.5) is 10.1 Å². The number of anilines is 1. The molecule has 0 aliphatic rings. The fourth-order valence-corrected chi connectivity index (χ4v) is 3.84. The number of hydrogen-bond acceptors (Lipinski definition) is 3. The predicted octanol–water partition coefficient (Wildman–Crippen LogP) is 3.72. The summed E-state index contributed by atoms with van der Waals surface area (Å²) >= 11 is 0. The SMILES string of the molecule is CCc1ccccc1NC(=O)c1ccc(F)c(S(=O)(=O)NC(C)CC)c1. The molecule has 2 aromatic rings. The first-order valence-electron chi connectivity index (χ1n) is 8.49. The molecule has 0 spiro atoms. The lowest BCUT2D eigenvalue weighted by molar-refractivity contribution is 0.102. The molecule has 7 heteroatoms. The van der Waals surface area contributed by atoms with Gasteiger partial charge in [0.05, 0.1) is 0 Å². The van der Waals surface area contributed by atoms with Crippen LogP contribution in [0.25, 0.3) is 0 Å². The summed E-state index contributed by atoms with van der Waals surface area (Å²) < 4.78 is 41.2. The van der Waals surface area contributed by atoms with E-state index in [1.165, 1.54) is 6.07 Å². The lowest BCUT2D eigenvalue weighted by Crippen LogP contribution is -2.32. The summed E-state index contributed by atoms with van der Waals surface area (Å²) in [6, 6.07) is 10.3. The van der Waals surface area contributed by atoms with Gasteiger partial charge in [0.2, 0.25) is 10.0 Å². The molecule has 0 aromatic heterocycles. The molecule has 1 unspecified atom stereocenters. The fourth-order valence-electron chi connectivity index (χ4n) is 2.41. The van der Waals surface area contributed by atoms with E-state index in [4.69, 9.17) is 0 Å². The summed E-state index contributed by atoms with van der Waals surface area (Å²) in [5, 5.41) is 2.75. The first-order chi connectivity index (χ1) is 12.3. The predicted molar refractivity (Wildman–Crippen MR) is 100 cm³/mol. The fraction of sp³-hybridized carbons (Fsp3) is 0.316. The summed E-state index contributed by atoms with van der Waals surface area (Å²) in [6.45, 7) is 5.47. The average Bonchev–Trinajstić information content (AvgIpc) is 2.61. The highest BCUT2D eigenvalue weighted by molar-refractivity contribution is 7.89. The second kappa shape index (κ2) is 8.42. The van der Waals surface area contributed by atoms with Gasteiger partial charge in [-0.1, -0.05) is 32.0 Å². The lowest BCUT2D eigenvalue weighted by atomic mass is 10.1. The van der Waals surface area contributed by atoms with E-state index in [1.54, 1.807) is 19.1 Å². The van der Waals surface area contributed by atoms with E-state index in [1.807, 2.05) is 26.0 Å². The lowest BCUT2D eigenvalue weighted by Gasteiger charge is -2.14. The molecule has 2 N–H and O–H groups in total. The Morgan fingerprint density at radius 2 is 1.85 bits per heavy atom. The van der Waals surface area contributed by atoms with E-state index in [9.17, 15) is 17.6 Å². The number of sulfonamides is 1. The molecule has 5 nitrogen and oxygen atoms in total. The number of rotatable bonds is 7. The molecule has 1 atom stereocenters. The minimum Gasteiger partial charge on any atom is -0.322 e. The molecule has 0 saturated carbocycles. The van der Waals surface area contributed by atoms with Crippen LogP contribution in [0.5, 0.6) is 0 Å². The van der Waals surface area contributed by atoms with Gasteiger partial charge in [0.25, 0.3) is 5.91 Å². The number of para-hydroxylation sites is 1. The Kier molecular flexibility index (Phi) is 6.50. The minimum atomic E-state index is -4.05. The van der Waals surface area contributed by atoms with Gasteiger partial charge in [0.1, 0.15) is 10.7 Å². The summed E-state index contributed by atoms with van der Waals surface area (Å²) in [6.07, 6.45) is 1.30. The van der Waals surface area contributed by atoms with Gasteiger partial charge in [-0.05, 0) is 49.6 Å². The standard InChI is InChI=1S/C19H23FN2O3S/c1-4-13(3)22-26(24,25)18-12-15(10-11-16(18)20)19(23)21-17-9-7-6-8-14(17)5-2/h6-13,22H,4-5H2,1-3H3,(H,21,23). The molecule has 1 amide bonds. The van der Waals surface area contributed by atoms with E-state index in [0.717, 1.165) is 24.1 Å². The first-order valence-corrected chi connectivity index (χ1v) is 9.98. The van der Waals surface area contributed by atoms with Crippen LogP contribution in [0.3, 0.4) is 0 Å². The van der Waals surface area contributed by atoms with Gasteiger partial charge in [0, 0.05) is 17.3 Å². The summed E-state index contributed by atoms with van der Waals surface area (Å²) in [5.74, 6) is -1.39. The minimum absolute atomic E-state index is 0.0711. The van der Waals surface area contributed by atoms with E-state index < -0.39 is 26.6 Å². The van der Waals surface area contributed by atoms with Crippen LogP contribution >= 0.6 is 0 Å². The Hall–Kier alpha value is -2.25. The van der Waals surface area contributed by atoms with Crippen LogP contribution in [0.1, 0.15) is 43.1 Å². The first kappa shape index (κ1) is 20.1. The number of hydrogen-bond donors (Lipinski definition) is 2. The zero-order valence-electron chi connectivity index (χ0n) is 15.0. The second-order valence-electron chi connectivity index (χ2n) is 6.04. The molecule has 0 aliphatic heterocycles. The van der Waals surface area contributed by atoms with Crippen LogP contribution < -0.4 is 10.0 Å². The van der Waals surface area contributed by atoms with Crippen molar-refractivity contribution in [3.8, 4) is 0 Å². The van der Waals surface area contributed by atoms with Crippen molar-refractivity contribution in [2.75, 3.05) is 5.32 Å². The Labute approximate surface area is 153 Å². The van der Waals surface area contributed by atoms with E-state index in [-0.39, 0.29) is 11.6 Å². The molecule has 0 aliphatic carbocycles. The average molecular weight is 378 g/mol.